The fourth-order valence-corrected chi connectivity index (χ4v) is 2.71. The summed E-state index contributed by atoms with van der Waals surface area (Å²) in [6.45, 7) is 0. The third kappa shape index (κ3) is 3.39. The molecule has 0 bridgehead atoms. The van der Waals surface area contributed by atoms with Crippen LogP contribution in [0.2, 0.25) is 0 Å². The van der Waals surface area contributed by atoms with Gasteiger partial charge in [0.25, 0.3) is 5.69 Å². The summed E-state index contributed by atoms with van der Waals surface area (Å²) < 4.78 is 5.95. The van der Waals surface area contributed by atoms with Crippen molar-refractivity contribution in [1.29, 1.82) is 0 Å². The second-order valence-electron chi connectivity index (χ2n) is 3.51. The number of ether oxygens (including phenoxy) is 1. The number of methoxy groups -OCH3 is 1. The Bertz CT molecular complexity index is 640. The van der Waals surface area contributed by atoms with E-state index in [4.69, 9.17) is 4.74 Å². The van der Waals surface area contributed by atoms with Gasteiger partial charge in [-0.3, -0.25) is 10.1 Å². The number of nitrogens with zero attached hydrogens (tertiary/aromatic N) is 2. The van der Waals surface area contributed by atoms with Crippen molar-refractivity contribution in [3.8, 4) is 5.75 Å². The van der Waals surface area contributed by atoms with Gasteiger partial charge in [0, 0.05) is 11.1 Å². The standard InChI is InChI=1S/C12H9BrN2O3S/c1-18-8-2-4-10(11(6-8)15(16)17)14-7-9-3-5-12(13)19-9/h2-7H,1H3. The molecule has 0 saturated carbocycles. The number of rotatable bonds is 4. The molecular formula is C12H9BrN2O3S. The van der Waals surface area contributed by atoms with Gasteiger partial charge in [0.1, 0.15) is 11.4 Å². The smallest absolute Gasteiger partial charge is 0.298 e. The van der Waals surface area contributed by atoms with E-state index in [1.807, 2.05) is 12.1 Å². The Morgan fingerprint density at radius 2 is 2.21 bits per heavy atom. The predicted octanol–water partition coefficient (Wildman–Crippen LogP) is 4.18. The number of halogens is 1. The molecule has 0 aliphatic rings. The average Bonchev–Trinajstić information content (AvgIpc) is 2.82. The summed E-state index contributed by atoms with van der Waals surface area (Å²) in [5.74, 6) is 0.435. The minimum absolute atomic E-state index is 0.0776. The Hall–Kier alpha value is -1.73. The summed E-state index contributed by atoms with van der Waals surface area (Å²) in [4.78, 5) is 15.6. The highest BCUT2D eigenvalue weighted by Crippen LogP contribution is 2.31. The van der Waals surface area contributed by atoms with Gasteiger partial charge in [0.2, 0.25) is 0 Å². The van der Waals surface area contributed by atoms with Crippen LogP contribution >= 0.6 is 27.3 Å². The first-order chi connectivity index (χ1) is 9.10. The maximum absolute atomic E-state index is 11.0. The molecule has 0 saturated heterocycles. The normalized spacial score (nSPS) is 10.8. The van der Waals surface area contributed by atoms with Crippen molar-refractivity contribution >= 4 is 44.9 Å². The highest BCUT2D eigenvalue weighted by molar-refractivity contribution is 9.11. The molecule has 1 aromatic heterocycles. The number of thiophene rings is 1. The molecule has 0 aliphatic carbocycles. The highest BCUT2D eigenvalue weighted by atomic mass is 79.9. The molecule has 1 heterocycles. The first kappa shape index (κ1) is 13.7. The van der Waals surface area contributed by atoms with E-state index in [1.165, 1.54) is 24.5 Å². The molecule has 2 aromatic rings. The summed E-state index contributed by atoms with van der Waals surface area (Å²) in [5.41, 5.74) is 0.224. The molecule has 2 rings (SSSR count). The van der Waals surface area contributed by atoms with Gasteiger partial charge >= 0.3 is 0 Å². The van der Waals surface area contributed by atoms with Crippen molar-refractivity contribution in [2.75, 3.05) is 7.11 Å². The molecule has 0 atom stereocenters. The average molecular weight is 341 g/mol. The third-order valence-corrected chi connectivity index (χ3v) is 3.86. The molecule has 1 aromatic carbocycles. The fourth-order valence-electron chi connectivity index (χ4n) is 1.42. The van der Waals surface area contributed by atoms with Gasteiger partial charge in [-0.2, -0.15) is 0 Å². The van der Waals surface area contributed by atoms with Crippen molar-refractivity contribution in [1.82, 2.24) is 0 Å². The maximum atomic E-state index is 11.0. The summed E-state index contributed by atoms with van der Waals surface area (Å²) in [6.07, 6.45) is 1.60. The van der Waals surface area contributed by atoms with Gasteiger partial charge in [0.05, 0.1) is 21.9 Å². The minimum Gasteiger partial charge on any atom is -0.496 e. The van der Waals surface area contributed by atoms with Crippen molar-refractivity contribution in [3.63, 3.8) is 0 Å². The first-order valence-corrected chi connectivity index (χ1v) is 6.83. The topological polar surface area (TPSA) is 64.7 Å². The van der Waals surface area contributed by atoms with Gasteiger partial charge in [0.15, 0.2) is 0 Å². The van der Waals surface area contributed by atoms with Crippen LogP contribution in [0.25, 0.3) is 0 Å². The van der Waals surface area contributed by atoms with E-state index >= 15 is 0 Å². The van der Waals surface area contributed by atoms with E-state index in [0.29, 0.717) is 11.4 Å². The fraction of sp³-hybridized carbons (Fsp3) is 0.0833. The van der Waals surface area contributed by atoms with E-state index in [-0.39, 0.29) is 5.69 Å². The third-order valence-electron chi connectivity index (χ3n) is 2.30. The van der Waals surface area contributed by atoms with Crippen molar-refractivity contribution in [2.24, 2.45) is 4.99 Å². The Labute approximate surface area is 121 Å². The Morgan fingerprint density at radius 3 is 2.79 bits per heavy atom. The summed E-state index contributed by atoms with van der Waals surface area (Å²) in [6, 6.07) is 8.35. The Balaban J connectivity index is 2.34. The number of benzene rings is 1. The molecule has 0 N–H and O–H groups in total. The molecule has 0 aliphatic heterocycles. The lowest BCUT2D eigenvalue weighted by Gasteiger charge is -2.01. The SMILES string of the molecule is COc1ccc(N=Cc2ccc(Br)s2)c([N+](=O)[O-])c1. The van der Waals surface area contributed by atoms with Crippen LogP contribution in [0.3, 0.4) is 0 Å². The van der Waals surface area contributed by atoms with Crippen LogP contribution in [0.4, 0.5) is 11.4 Å². The van der Waals surface area contributed by atoms with Crippen molar-refractivity contribution in [3.05, 3.63) is 49.1 Å². The zero-order valence-corrected chi connectivity index (χ0v) is 12.3. The second-order valence-corrected chi connectivity index (χ2v) is 6.01. The minimum atomic E-state index is -0.473. The predicted molar refractivity (Wildman–Crippen MR) is 78.9 cm³/mol. The first-order valence-electron chi connectivity index (χ1n) is 5.22. The number of hydrogen-bond acceptors (Lipinski definition) is 5. The van der Waals surface area contributed by atoms with Gasteiger partial charge < -0.3 is 4.74 Å². The summed E-state index contributed by atoms with van der Waals surface area (Å²) in [5, 5.41) is 11.0. The summed E-state index contributed by atoms with van der Waals surface area (Å²) >= 11 is 4.85. The van der Waals surface area contributed by atoms with Crippen LogP contribution < -0.4 is 4.74 Å². The van der Waals surface area contributed by atoms with Gasteiger partial charge in [-0.05, 0) is 40.2 Å². The van der Waals surface area contributed by atoms with E-state index in [0.717, 1.165) is 8.66 Å². The molecule has 98 valence electrons. The molecule has 5 nitrogen and oxygen atoms in total. The second kappa shape index (κ2) is 5.94. The zero-order chi connectivity index (χ0) is 13.8. The van der Waals surface area contributed by atoms with Gasteiger partial charge in [-0.1, -0.05) is 0 Å². The van der Waals surface area contributed by atoms with Crippen LogP contribution in [0.1, 0.15) is 4.88 Å². The van der Waals surface area contributed by atoms with Crippen molar-refractivity contribution < 1.29 is 9.66 Å². The lowest BCUT2D eigenvalue weighted by Crippen LogP contribution is -1.90. The molecular weight excluding hydrogens is 332 g/mol. The molecule has 0 radical (unpaired) electrons. The molecule has 0 fully saturated rings. The van der Waals surface area contributed by atoms with Crippen LogP contribution in [0, 0.1) is 10.1 Å². The van der Waals surface area contributed by atoms with Gasteiger partial charge in [-0.15, -0.1) is 11.3 Å². The van der Waals surface area contributed by atoms with Crippen LogP contribution in [-0.2, 0) is 0 Å². The molecule has 0 amide bonds. The van der Waals surface area contributed by atoms with Crippen LogP contribution in [0.15, 0.2) is 39.1 Å². The molecule has 0 spiro atoms. The quantitative estimate of drug-likeness (QED) is 0.476. The monoisotopic (exact) mass is 340 g/mol. The number of nitro benzene ring substituents is 1. The van der Waals surface area contributed by atoms with Crippen LogP contribution in [-0.4, -0.2) is 18.2 Å². The van der Waals surface area contributed by atoms with Crippen LogP contribution in [0.5, 0.6) is 5.75 Å². The zero-order valence-electron chi connectivity index (χ0n) is 9.87. The Morgan fingerprint density at radius 1 is 1.42 bits per heavy atom. The van der Waals surface area contributed by atoms with E-state index in [9.17, 15) is 10.1 Å². The maximum Gasteiger partial charge on any atom is 0.298 e. The molecule has 19 heavy (non-hydrogen) atoms. The van der Waals surface area contributed by atoms with E-state index in [1.54, 1.807) is 18.3 Å². The molecule has 7 heteroatoms. The van der Waals surface area contributed by atoms with Crippen molar-refractivity contribution in [2.45, 2.75) is 0 Å². The Kier molecular flexibility index (Phi) is 4.28. The highest BCUT2D eigenvalue weighted by Gasteiger charge is 2.14. The number of nitro groups is 1. The largest absolute Gasteiger partial charge is 0.496 e. The number of aliphatic imine (C=N–C) groups is 1. The lowest BCUT2D eigenvalue weighted by molar-refractivity contribution is -0.384. The molecule has 0 unspecified atom stereocenters. The van der Waals surface area contributed by atoms with Gasteiger partial charge in [-0.25, -0.2) is 4.99 Å². The number of hydrogen-bond donors (Lipinski definition) is 0. The summed E-state index contributed by atoms with van der Waals surface area (Å²) in [7, 11) is 1.46. The van der Waals surface area contributed by atoms with E-state index < -0.39 is 4.92 Å². The lowest BCUT2D eigenvalue weighted by atomic mass is 10.2. The van der Waals surface area contributed by atoms with E-state index in [2.05, 4.69) is 20.9 Å².